The van der Waals surface area contributed by atoms with Gasteiger partial charge in [0.15, 0.2) is 0 Å². The van der Waals surface area contributed by atoms with Crippen LogP contribution in [0.4, 0.5) is 0 Å². The zero-order valence-electron chi connectivity index (χ0n) is 12.0. The zero-order valence-corrected chi connectivity index (χ0v) is 12.8. The van der Waals surface area contributed by atoms with Gasteiger partial charge < -0.3 is 10.8 Å². The van der Waals surface area contributed by atoms with Gasteiger partial charge >= 0.3 is 0 Å². The highest BCUT2D eigenvalue weighted by atomic mass is 32.1. The van der Waals surface area contributed by atoms with Crippen LogP contribution in [0.15, 0.2) is 30.3 Å². The minimum absolute atomic E-state index is 0.116. The van der Waals surface area contributed by atoms with Crippen LogP contribution in [-0.4, -0.2) is 16.2 Å². The summed E-state index contributed by atoms with van der Waals surface area (Å²) in [6, 6.07) is 10.7. The van der Waals surface area contributed by atoms with Gasteiger partial charge in [-0.2, -0.15) is 0 Å². The summed E-state index contributed by atoms with van der Waals surface area (Å²) in [5, 5.41) is 10.4. The molecule has 0 heterocycles. The second-order valence-corrected chi connectivity index (χ2v) is 7.20. The number of benzene rings is 1. The second-order valence-electron chi connectivity index (χ2n) is 6.76. The first-order valence-corrected chi connectivity index (χ1v) is 7.96. The zero-order chi connectivity index (χ0) is 14.4. The van der Waals surface area contributed by atoms with E-state index in [0.717, 1.165) is 32.1 Å². The average molecular weight is 289 g/mol. The lowest BCUT2D eigenvalue weighted by Crippen LogP contribution is -2.44. The van der Waals surface area contributed by atoms with E-state index in [2.05, 4.69) is 37.3 Å². The number of hydrogen-bond acceptors (Lipinski definition) is 2. The van der Waals surface area contributed by atoms with Gasteiger partial charge in [0.05, 0.1) is 11.1 Å². The summed E-state index contributed by atoms with van der Waals surface area (Å²) < 4.78 is 0. The van der Waals surface area contributed by atoms with Crippen LogP contribution in [0.5, 0.6) is 0 Å². The number of aliphatic hydroxyl groups excluding tert-OH is 1. The molecule has 3 heteroatoms. The van der Waals surface area contributed by atoms with Crippen LogP contribution in [-0.2, 0) is 5.41 Å². The van der Waals surface area contributed by atoms with E-state index < -0.39 is 0 Å². The molecule has 1 aromatic rings. The molecule has 0 radical (unpaired) electrons. The Morgan fingerprint density at radius 3 is 2.60 bits per heavy atom. The molecule has 4 atom stereocenters. The van der Waals surface area contributed by atoms with Gasteiger partial charge in [-0.1, -0.05) is 49.5 Å². The molecule has 108 valence electrons. The fourth-order valence-corrected chi connectivity index (χ4v) is 4.87. The van der Waals surface area contributed by atoms with Gasteiger partial charge in [-0.05, 0) is 49.0 Å². The maximum atomic E-state index is 10.4. The smallest absolute Gasteiger partial charge is 0.0791 e. The summed E-state index contributed by atoms with van der Waals surface area (Å²) in [4.78, 5) is 0.604. The fourth-order valence-electron chi connectivity index (χ4n) is 4.64. The maximum Gasteiger partial charge on any atom is 0.0791 e. The topological polar surface area (TPSA) is 46.2 Å². The molecule has 0 amide bonds. The molecule has 4 unspecified atom stereocenters. The highest BCUT2D eigenvalue weighted by Gasteiger charge is 2.56. The van der Waals surface area contributed by atoms with Crippen LogP contribution in [0.25, 0.3) is 0 Å². The average Bonchev–Trinajstić information content (AvgIpc) is 2.71. The first kappa shape index (κ1) is 14.0. The molecule has 20 heavy (non-hydrogen) atoms. The molecule has 0 spiro atoms. The van der Waals surface area contributed by atoms with Crippen molar-refractivity contribution in [1.29, 1.82) is 0 Å². The summed E-state index contributed by atoms with van der Waals surface area (Å²) >= 11 is 5.37. The molecule has 1 aromatic carbocycles. The standard InChI is InChI=1S/C17H23NOS/c1-2-16(13-6-4-3-5-7-13)8-12-9-17(11-16,15(18)20)10-14(12)19/h3-7,12,14,19H,2,8-11H2,1H3,(H2,18,20). The summed E-state index contributed by atoms with van der Waals surface area (Å²) in [5.41, 5.74) is 7.43. The van der Waals surface area contributed by atoms with Crippen molar-refractivity contribution in [1.82, 2.24) is 0 Å². The normalized spacial score (nSPS) is 39.7. The fraction of sp³-hybridized carbons (Fsp3) is 0.588. The SMILES string of the molecule is CCC1(c2ccccc2)CC2CC(C(N)=S)(CC2O)C1. The molecule has 2 bridgehead atoms. The molecule has 2 aliphatic rings. The third-order valence-corrected chi connectivity index (χ3v) is 6.15. The van der Waals surface area contributed by atoms with Crippen molar-refractivity contribution in [3.8, 4) is 0 Å². The minimum Gasteiger partial charge on any atom is -0.393 e. The van der Waals surface area contributed by atoms with Gasteiger partial charge in [0, 0.05) is 5.41 Å². The van der Waals surface area contributed by atoms with Gasteiger partial charge in [-0.3, -0.25) is 0 Å². The van der Waals surface area contributed by atoms with Crippen molar-refractivity contribution in [3.05, 3.63) is 35.9 Å². The molecule has 2 nitrogen and oxygen atoms in total. The van der Waals surface area contributed by atoms with Crippen molar-refractivity contribution >= 4 is 17.2 Å². The van der Waals surface area contributed by atoms with E-state index in [1.165, 1.54) is 5.56 Å². The quantitative estimate of drug-likeness (QED) is 0.840. The van der Waals surface area contributed by atoms with Gasteiger partial charge in [-0.25, -0.2) is 0 Å². The number of hydrogen-bond donors (Lipinski definition) is 2. The summed E-state index contributed by atoms with van der Waals surface area (Å²) in [6.45, 7) is 2.25. The first-order valence-electron chi connectivity index (χ1n) is 7.55. The van der Waals surface area contributed by atoms with E-state index in [1.54, 1.807) is 0 Å². The molecular weight excluding hydrogens is 266 g/mol. The molecule has 0 aliphatic heterocycles. The van der Waals surface area contributed by atoms with Crippen LogP contribution in [0.3, 0.4) is 0 Å². The van der Waals surface area contributed by atoms with Crippen molar-refractivity contribution < 1.29 is 5.11 Å². The Kier molecular flexibility index (Phi) is 3.38. The van der Waals surface area contributed by atoms with Crippen LogP contribution >= 0.6 is 12.2 Å². The summed E-state index contributed by atoms with van der Waals surface area (Å²) in [6.07, 6.45) is 4.60. The van der Waals surface area contributed by atoms with E-state index in [4.69, 9.17) is 18.0 Å². The highest BCUT2D eigenvalue weighted by Crippen LogP contribution is 2.59. The first-order chi connectivity index (χ1) is 9.51. The van der Waals surface area contributed by atoms with Gasteiger partial charge in [0.2, 0.25) is 0 Å². The monoisotopic (exact) mass is 289 g/mol. The van der Waals surface area contributed by atoms with Crippen molar-refractivity contribution in [2.75, 3.05) is 0 Å². The van der Waals surface area contributed by atoms with Gasteiger partial charge in [0.25, 0.3) is 0 Å². The predicted molar refractivity (Wildman–Crippen MR) is 85.6 cm³/mol. The van der Waals surface area contributed by atoms with E-state index >= 15 is 0 Å². The summed E-state index contributed by atoms with van der Waals surface area (Å²) in [5.74, 6) is 0.338. The number of nitrogens with two attached hydrogens (primary N) is 1. The number of fused-ring (bicyclic) bond motifs is 2. The number of aliphatic hydroxyl groups is 1. The third-order valence-electron chi connectivity index (χ3n) is 5.71. The lowest BCUT2D eigenvalue weighted by atomic mass is 9.59. The lowest BCUT2D eigenvalue weighted by molar-refractivity contribution is 0.108. The molecule has 2 saturated carbocycles. The molecule has 2 aliphatic carbocycles. The molecule has 2 fully saturated rings. The van der Waals surface area contributed by atoms with E-state index in [0.29, 0.717) is 10.9 Å². The maximum absolute atomic E-state index is 10.4. The van der Waals surface area contributed by atoms with Crippen LogP contribution < -0.4 is 5.73 Å². The Balaban J connectivity index is 2.04. The van der Waals surface area contributed by atoms with Gasteiger partial charge in [0.1, 0.15) is 0 Å². The molecule has 0 aromatic heterocycles. The van der Waals surface area contributed by atoms with Crippen LogP contribution in [0, 0.1) is 11.3 Å². The van der Waals surface area contributed by atoms with Crippen LogP contribution in [0.2, 0.25) is 0 Å². The largest absolute Gasteiger partial charge is 0.393 e. The molecule has 3 rings (SSSR count). The Labute approximate surface area is 126 Å². The van der Waals surface area contributed by atoms with Gasteiger partial charge in [-0.15, -0.1) is 0 Å². The lowest BCUT2D eigenvalue weighted by Gasteiger charge is -2.46. The van der Waals surface area contributed by atoms with Crippen LogP contribution in [0.1, 0.15) is 44.6 Å². The van der Waals surface area contributed by atoms with Crippen molar-refractivity contribution in [2.45, 2.75) is 50.5 Å². The molecular formula is C17H23NOS. The summed E-state index contributed by atoms with van der Waals surface area (Å²) in [7, 11) is 0. The predicted octanol–water partition coefficient (Wildman–Crippen LogP) is 3.17. The Bertz CT molecular complexity index is 513. The molecule has 3 N–H and O–H groups in total. The molecule has 0 saturated heterocycles. The Hall–Kier alpha value is -0.930. The van der Waals surface area contributed by atoms with E-state index in [-0.39, 0.29) is 16.9 Å². The van der Waals surface area contributed by atoms with Crippen molar-refractivity contribution in [3.63, 3.8) is 0 Å². The number of rotatable bonds is 3. The Morgan fingerprint density at radius 2 is 2.00 bits per heavy atom. The van der Waals surface area contributed by atoms with E-state index in [9.17, 15) is 5.11 Å². The van der Waals surface area contributed by atoms with Crippen molar-refractivity contribution in [2.24, 2.45) is 17.1 Å². The highest BCUT2D eigenvalue weighted by molar-refractivity contribution is 7.80. The number of thiocarbonyl (C=S) groups is 1. The van der Waals surface area contributed by atoms with E-state index in [1.807, 2.05) is 0 Å². The third kappa shape index (κ3) is 1.99. The Morgan fingerprint density at radius 1 is 1.30 bits per heavy atom. The minimum atomic E-state index is -0.242. The second kappa shape index (κ2) is 4.81.